The number of aromatic amines is 1. The van der Waals surface area contributed by atoms with Crippen molar-refractivity contribution in [3.8, 4) is 0 Å². The number of amides is 1. The van der Waals surface area contributed by atoms with Crippen LogP contribution >= 0.6 is 0 Å². The summed E-state index contributed by atoms with van der Waals surface area (Å²) in [6.45, 7) is 10.6. The Hall–Kier alpha value is -2.14. The molecule has 2 aromatic rings. The van der Waals surface area contributed by atoms with Crippen LogP contribution in [0.4, 0.5) is 0 Å². The van der Waals surface area contributed by atoms with Crippen LogP contribution in [0.1, 0.15) is 42.5 Å². The highest BCUT2D eigenvalue weighted by Gasteiger charge is 2.25. The van der Waals surface area contributed by atoms with Gasteiger partial charge in [-0.15, -0.1) is 0 Å². The Kier molecular flexibility index (Phi) is 4.71. The zero-order chi connectivity index (χ0) is 17.2. The Balaban J connectivity index is 1.56. The van der Waals surface area contributed by atoms with Crippen LogP contribution in [-0.4, -0.2) is 52.1 Å². The molecule has 1 N–H and O–H groups in total. The number of rotatable bonds is 3. The molecule has 1 aliphatic heterocycles. The fourth-order valence-electron chi connectivity index (χ4n) is 2.93. The van der Waals surface area contributed by atoms with Gasteiger partial charge >= 0.3 is 0 Å². The maximum atomic E-state index is 12.6. The van der Waals surface area contributed by atoms with Gasteiger partial charge in [-0.3, -0.25) is 14.8 Å². The van der Waals surface area contributed by atoms with E-state index >= 15 is 0 Å². The summed E-state index contributed by atoms with van der Waals surface area (Å²) in [5.74, 6) is 0.0288. The highest BCUT2D eigenvalue weighted by molar-refractivity contribution is 5.92. The maximum absolute atomic E-state index is 12.6. The van der Waals surface area contributed by atoms with E-state index in [4.69, 9.17) is 0 Å². The van der Waals surface area contributed by atoms with Gasteiger partial charge in [-0.05, 0) is 11.6 Å². The van der Waals surface area contributed by atoms with Crippen LogP contribution in [0.5, 0.6) is 0 Å². The molecule has 0 saturated carbocycles. The largest absolute Gasteiger partial charge is 0.335 e. The zero-order valence-electron chi connectivity index (χ0n) is 14.7. The van der Waals surface area contributed by atoms with E-state index in [1.54, 1.807) is 0 Å². The first-order valence-electron chi connectivity index (χ1n) is 8.55. The number of H-pyrrole nitrogens is 1. The minimum Gasteiger partial charge on any atom is -0.335 e. The lowest BCUT2D eigenvalue weighted by atomic mass is 9.92. The summed E-state index contributed by atoms with van der Waals surface area (Å²) in [4.78, 5) is 16.9. The van der Waals surface area contributed by atoms with E-state index in [2.05, 4.69) is 60.1 Å². The van der Waals surface area contributed by atoms with Crippen LogP contribution in [0.25, 0.3) is 0 Å². The SMILES string of the molecule is CC(C)(C)c1cc(C(=O)N2CCN(Cc3ccccc3)CC2)n[nH]1. The van der Waals surface area contributed by atoms with E-state index in [1.165, 1.54) is 5.56 Å². The van der Waals surface area contributed by atoms with Crippen molar-refractivity contribution in [2.75, 3.05) is 26.2 Å². The van der Waals surface area contributed by atoms with Crippen molar-refractivity contribution in [1.29, 1.82) is 0 Å². The number of aromatic nitrogens is 2. The fraction of sp³-hybridized carbons (Fsp3) is 0.474. The quantitative estimate of drug-likeness (QED) is 0.943. The standard InChI is InChI=1S/C19H26N4O/c1-19(2,3)17-13-16(20-21-17)18(24)23-11-9-22(10-12-23)14-15-7-5-4-6-8-15/h4-8,13H,9-12,14H2,1-3H3,(H,20,21). The van der Waals surface area contributed by atoms with E-state index in [0.717, 1.165) is 38.4 Å². The lowest BCUT2D eigenvalue weighted by Gasteiger charge is -2.34. The average Bonchev–Trinajstić information content (AvgIpc) is 3.06. The molecule has 0 radical (unpaired) electrons. The molecule has 3 rings (SSSR count). The van der Waals surface area contributed by atoms with Gasteiger partial charge in [0.05, 0.1) is 0 Å². The fourth-order valence-corrected chi connectivity index (χ4v) is 2.93. The molecule has 0 bridgehead atoms. The number of nitrogens with one attached hydrogen (secondary N) is 1. The van der Waals surface area contributed by atoms with E-state index < -0.39 is 0 Å². The molecule has 1 saturated heterocycles. The second-order valence-electron chi connectivity index (χ2n) is 7.47. The average molecular weight is 326 g/mol. The van der Waals surface area contributed by atoms with Gasteiger partial charge < -0.3 is 4.90 Å². The minimum absolute atomic E-state index is 0.0279. The van der Waals surface area contributed by atoms with Gasteiger partial charge in [0.1, 0.15) is 5.69 Å². The normalized spacial score (nSPS) is 16.4. The molecule has 1 aliphatic rings. The van der Waals surface area contributed by atoms with Crippen molar-refractivity contribution >= 4 is 5.91 Å². The summed E-state index contributed by atoms with van der Waals surface area (Å²) >= 11 is 0. The summed E-state index contributed by atoms with van der Waals surface area (Å²) < 4.78 is 0. The molecule has 5 nitrogen and oxygen atoms in total. The molecular formula is C19H26N4O. The number of carbonyl (C=O) groups is 1. The number of benzene rings is 1. The van der Waals surface area contributed by atoms with Crippen LogP contribution in [0, 0.1) is 0 Å². The van der Waals surface area contributed by atoms with Crippen LogP contribution in [0.2, 0.25) is 0 Å². The lowest BCUT2D eigenvalue weighted by molar-refractivity contribution is 0.0622. The number of piperazine rings is 1. The van der Waals surface area contributed by atoms with Gasteiger partial charge in [0, 0.05) is 43.8 Å². The van der Waals surface area contributed by atoms with E-state index in [-0.39, 0.29) is 11.3 Å². The van der Waals surface area contributed by atoms with Crippen LogP contribution in [0.15, 0.2) is 36.4 Å². The summed E-state index contributed by atoms with van der Waals surface area (Å²) in [7, 11) is 0. The molecule has 5 heteroatoms. The minimum atomic E-state index is -0.0279. The smallest absolute Gasteiger partial charge is 0.274 e. The third-order valence-corrected chi connectivity index (χ3v) is 4.51. The molecule has 0 atom stereocenters. The molecule has 1 aromatic carbocycles. The van der Waals surface area contributed by atoms with Gasteiger partial charge in [-0.2, -0.15) is 5.10 Å². The second kappa shape index (κ2) is 6.77. The van der Waals surface area contributed by atoms with Crippen molar-refractivity contribution in [3.05, 3.63) is 53.3 Å². The topological polar surface area (TPSA) is 52.2 Å². The molecule has 1 fully saturated rings. The van der Waals surface area contributed by atoms with Crippen molar-refractivity contribution in [2.45, 2.75) is 32.7 Å². The van der Waals surface area contributed by atoms with E-state index in [0.29, 0.717) is 5.69 Å². The number of nitrogens with zero attached hydrogens (tertiary/aromatic N) is 3. The predicted molar refractivity (Wildman–Crippen MR) is 94.9 cm³/mol. The molecule has 2 heterocycles. The number of hydrogen-bond donors (Lipinski definition) is 1. The first-order valence-corrected chi connectivity index (χ1v) is 8.55. The summed E-state index contributed by atoms with van der Waals surface area (Å²) in [6.07, 6.45) is 0. The monoisotopic (exact) mass is 326 g/mol. The Morgan fingerprint density at radius 2 is 1.79 bits per heavy atom. The van der Waals surface area contributed by atoms with Crippen LogP contribution < -0.4 is 0 Å². The molecule has 1 aromatic heterocycles. The number of hydrogen-bond acceptors (Lipinski definition) is 3. The molecule has 0 aliphatic carbocycles. The van der Waals surface area contributed by atoms with Gasteiger partial charge in [-0.25, -0.2) is 0 Å². The third-order valence-electron chi connectivity index (χ3n) is 4.51. The molecule has 24 heavy (non-hydrogen) atoms. The molecule has 0 unspecified atom stereocenters. The summed E-state index contributed by atoms with van der Waals surface area (Å²) in [6, 6.07) is 12.4. The van der Waals surface area contributed by atoms with E-state index in [9.17, 15) is 4.79 Å². The zero-order valence-corrected chi connectivity index (χ0v) is 14.7. The lowest BCUT2D eigenvalue weighted by Crippen LogP contribution is -2.48. The van der Waals surface area contributed by atoms with E-state index in [1.807, 2.05) is 17.0 Å². The first-order chi connectivity index (χ1) is 11.4. The van der Waals surface area contributed by atoms with Crippen LogP contribution in [0.3, 0.4) is 0 Å². The van der Waals surface area contributed by atoms with Crippen molar-refractivity contribution in [1.82, 2.24) is 20.0 Å². The molecule has 0 spiro atoms. The molecule has 128 valence electrons. The van der Waals surface area contributed by atoms with Crippen LogP contribution in [-0.2, 0) is 12.0 Å². The van der Waals surface area contributed by atoms with Crippen molar-refractivity contribution in [2.24, 2.45) is 0 Å². The summed E-state index contributed by atoms with van der Waals surface area (Å²) in [5.41, 5.74) is 2.81. The van der Waals surface area contributed by atoms with Crippen molar-refractivity contribution < 1.29 is 4.79 Å². The van der Waals surface area contributed by atoms with Gasteiger partial charge in [0.15, 0.2) is 0 Å². The molecular weight excluding hydrogens is 300 g/mol. The van der Waals surface area contributed by atoms with Crippen molar-refractivity contribution in [3.63, 3.8) is 0 Å². The van der Waals surface area contributed by atoms with Gasteiger partial charge in [0.25, 0.3) is 5.91 Å². The predicted octanol–water partition coefficient (Wildman–Crippen LogP) is 2.67. The number of carbonyl (C=O) groups excluding carboxylic acids is 1. The second-order valence-corrected chi connectivity index (χ2v) is 7.47. The highest BCUT2D eigenvalue weighted by atomic mass is 16.2. The first kappa shape index (κ1) is 16.7. The Morgan fingerprint density at radius 3 is 2.38 bits per heavy atom. The Labute approximate surface area is 143 Å². The maximum Gasteiger partial charge on any atom is 0.274 e. The Bertz CT molecular complexity index is 679. The summed E-state index contributed by atoms with van der Waals surface area (Å²) in [5, 5.41) is 7.21. The molecule has 1 amide bonds. The van der Waals surface area contributed by atoms with Gasteiger partial charge in [-0.1, -0.05) is 51.1 Å². The third kappa shape index (κ3) is 3.85. The Morgan fingerprint density at radius 1 is 1.12 bits per heavy atom. The highest BCUT2D eigenvalue weighted by Crippen LogP contribution is 2.21. The van der Waals surface area contributed by atoms with Gasteiger partial charge in [0.2, 0.25) is 0 Å².